The predicted molar refractivity (Wildman–Crippen MR) is 107 cm³/mol. The van der Waals surface area contributed by atoms with Crippen molar-refractivity contribution in [3.63, 3.8) is 0 Å². The van der Waals surface area contributed by atoms with Gasteiger partial charge in [0.1, 0.15) is 5.82 Å². The lowest BCUT2D eigenvalue weighted by Crippen LogP contribution is -2.12. The summed E-state index contributed by atoms with van der Waals surface area (Å²) in [4.78, 5) is 22.9. The van der Waals surface area contributed by atoms with Crippen molar-refractivity contribution in [1.82, 2.24) is 15.1 Å². The average Bonchev–Trinajstić information content (AvgIpc) is 3.41. The van der Waals surface area contributed by atoms with E-state index in [1.165, 1.54) is 34.8 Å². The van der Waals surface area contributed by atoms with Crippen molar-refractivity contribution in [2.24, 2.45) is 0 Å². The minimum absolute atomic E-state index is 0.185. The molecule has 0 radical (unpaired) electrons. The number of amides is 1. The second-order valence-corrected chi connectivity index (χ2v) is 8.12. The summed E-state index contributed by atoms with van der Waals surface area (Å²) in [5.74, 6) is 0.467. The van der Waals surface area contributed by atoms with E-state index in [1.807, 2.05) is 24.4 Å². The van der Waals surface area contributed by atoms with Crippen LogP contribution in [0.5, 0.6) is 0 Å². The Balaban J connectivity index is 1.36. The molecule has 6 nitrogen and oxygen atoms in total. The number of hydrogen-bond acceptors (Lipinski definition) is 7. The Hall–Kier alpha value is -2.91. The Morgan fingerprint density at radius 3 is 2.79 bits per heavy atom. The van der Waals surface area contributed by atoms with E-state index in [1.54, 1.807) is 12.1 Å². The molecular formula is C19H15FN4O2S2. The minimum atomic E-state index is -0.298. The highest BCUT2D eigenvalue weighted by Gasteiger charge is 2.14. The van der Waals surface area contributed by atoms with Crippen LogP contribution >= 0.6 is 22.7 Å². The second-order valence-electron chi connectivity index (χ2n) is 5.97. The van der Waals surface area contributed by atoms with Crippen LogP contribution in [0.15, 0.2) is 46.3 Å². The summed E-state index contributed by atoms with van der Waals surface area (Å²) in [5, 5.41) is 9.17. The zero-order valence-electron chi connectivity index (χ0n) is 14.8. The second kappa shape index (κ2) is 7.99. The zero-order chi connectivity index (χ0) is 19.5. The number of thiazole rings is 1. The smallest absolute Gasteiger partial charge is 0.227 e. The fraction of sp³-hybridized carbons (Fsp3) is 0.158. The van der Waals surface area contributed by atoms with Crippen LogP contribution < -0.4 is 5.32 Å². The molecule has 28 heavy (non-hydrogen) atoms. The number of carbonyl (C=O) groups is 1. The van der Waals surface area contributed by atoms with Gasteiger partial charge in [-0.05, 0) is 42.6 Å². The maximum Gasteiger partial charge on any atom is 0.227 e. The lowest BCUT2D eigenvalue weighted by atomic mass is 10.1. The van der Waals surface area contributed by atoms with Crippen LogP contribution in [0.4, 0.5) is 9.52 Å². The molecule has 0 fully saturated rings. The molecule has 4 aromatic rings. The number of nitrogens with zero attached hydrogens (tertiary/aromatic N) is 3. The summed E-state index contributed by atoms with van der Waals surface area (Å²) in [6.07, 6.45) is 0.552. The monoisotopic (exact) mass is 414 g/mol. The number of carbonyl (C=O) groups excluding carboxylic acids is 1. The van der Waals surface area contributed by atoms with Crippen LogP contribution in [0.25, 0.3) is 22.0 Å². The van der Waals surface area contributed by atoms with Crippen molar-refractivity contribution in [2.45, 2.75) is 19.8 Å². The molecule has 9 heteroatoms. The third kappa shape index (κ3) is 4.15. The Bertz CT molecular complexity index is 1090. The Kier molecular flexibility index (Phi) is 5.27. The van der Waals surface area contributed by atoms with Gasteiger partial charge in [0.25, 0.3) is 0 Å². The van der Waals surface area contributed by atoms with Gasteiger partial charge < -0.3 is 9.84 Å². The molecule has 0 saturated carbocycles. The SMILES string of the molecule is Cc1sc(NC(=O)CCc2nc(-c3cccs3)no2)nc1-c1ccc(F)cc1. The molecular weight excluding hydrogens is 399 g/mol. The van der Waals surface area contributed by atoms with Crippen molar-refractivity contribution < 1.29 is 13.7 Å². The number of benzene rings is 1. The van der Waals surface area contributed by atoms with Gasteiger partial charge in [0.15, 0.2) is 5.13 Å². The van der Waals surface area contributed by atoms with E-state index in [9.17, 15) is 9.18 Å². The van der Waals surface area contributed by atoms with Crippen molar-refractivity contribution >= 4 is 33.7 Å². The molecule has 1 amide bonds. The van der Waals surface area contributed by atoms with E-state index >= 15 is 0 Å². The summed E-state index contributed by atoms with van der Waals surface area (Å²) in [6.45, 7) is 1.91. The largest absolute Gasteiger partial charge is 0.339 e. The van der Waals surface area contributed by atoms with Crippen molar-refractivity contribution in [3.05, 3.63) is 58.4 Å². The molecule has 0 aliphatic rings. The summed E-state index contributed by atoms with van der Waals surface area (Å²) >= 11 is 2.91. The number of aryl methyl sites for hydroxylation is 2. The molecule has 1 N–H and O–H groups in total. The number of rotatable bonds is 6. The van der Waals surface area contributed by atoms with Crippen LogP contribution in [0.1, 0.15) is 17.2 Å². The Morgan fingerprint density at radius 2 is 2.04 bits per heavy atom. The summed E-state index contributed by atoms with van der Waals surface area (Å²) in [5.41, 5.74) is 1.54. The molecule has 1 aromatic carbocycles. The number of hydrogen-bond donors (Lipinski definition) is 1. The van der Waals surface area contributed by atoms with Crippen LogP contribution in [0.2, 0.25) is 0 Å². The lowest BCUT2D eigenvalue weighted by Gasteiger charge is -2.00. The molecule has 0 saturated heterocycles. The van der Waals surface area contributed by atoms with Crippen molar-refractivity contribution in [3.8, 4) is 22.0 Å². The summed E-state index contributed by atoms with van der Waals surface area (Å²) in [6, 6.07) is 9.95. The number of nitrogens with one attached hydrogen (secondary N) is 1. The first-order valence-corrected chi connectivity index (χ1v) is 10.2. The molecule has 0 aliphatic heterocycles. The molecule has 3 aromatic heterocycles. The van der Waals surface area contributed by atoms with Gasteiger partial charge in [-0.1, -0.05) is 11.2 Å². The topological polar surface area (TPSA) is 80.9 Å². The Morgan fingerprint density at radius 1 is 1.21 bits per heavy atom. The molecule has 0 aliphatic carbocycles. The van der Waals surface area contributed by atoms with Crippen LogP contribution in [0.3, 0.4) is 0 Å². The van der Waals surface area contributed by atoms with E-state index in [2.05, 4.69) is 20.4 Å². The molecule has 0 bridgehead atoms. The van der Waals surface area contributed by atoms with Gasteiger partial charge in [0.05, 0.1) is 10.6 Å². The number of thiophene rings is 1. The third-order valence-corrected chi connectivity index (χ3v) is 5.69. The first kappa shape index (κ1) is 18.5. The highest BCUT2D eigenvalue weighted by molar-refractivity contribution is 7.16. The quantitative estimate of drug-likeness (QED) is 0.483. The predicted octanol–water partition coefficient (Wildman–Crippen LogP) is 4.94. The van der Waals surface area contributed by atoms with Gasteiger partial charge >= 0.3 is 0 Å². The lowest BCUT2D eigenvalue weighted by molar-refractivity contribution is -0.116. The summed E-state index contributed by atoms with van der Waals surface area (Å²) in [7, 11) is 0. The zero-order valence-corrected chi connectivity index (χ0v) is 16.4. The van der Waals surface area contributed by atoms with E-state index in [0.717, 1.165) is 21.0 Å². The molecule has 0 unspecified atom stereocenters. The van der Waals surface area contributed by atoms with Gasteiger partial charge in [-0.2, -0.15) is 4.98 Å². The summed E-state index contributed by atoms with van der Waals surface area (Å²) < 4.78 is 18.3. The fourth-order valence-electron chi connectivity index (χ4n) is 2.59. The van der Waals surface area contributed by atoms with Gasteiger partial charge in [-0.25, -0.2) is 9.37 Å². The highest BCUT2D eigenvalue weighted by atomic mass is 32.1. The van der Waals surface area contributed by atoms with Crippen LogP contribution in [-0.4, -0.2) is 21.0 Å². The van der Waals surface area contributed by atoms with Gasteiger partial charge in [-0.15, -0.1) is 22.7 Å². The van der Waals surface area contributed by atoms with E-state index in [-0.39, 0.29) is 18.1 Å². The average molecular weight is 414 g/mol. The van der Waals surface area contributed by atoms with Crippen molar-refractivity contribution in [2.75, 3.05) is 5.32 Å². The van der Waals surface area contributed by atoms with Crippen LogP contribution in [0, 0.1) is 12.7 Å². The number of aromatic nitrogens is 3. The van der Waals surface area contributed by atoms with E-state index < -0.39 is 0 Å². The number of anilines is 1. The maximum atomic E-state index is 13.1. The Labute approximate surface area is 168 Å². The number of halogens is 1. The molecule has 0 atom stereocenters. The van der Waals surface area contributed by atoms with Gasteiger partial charge in [0, 0.05) is 23.3 Å². The van der Waals surface area contributed by atoms with Crippen molar-refractivity contribution in [1.29, 1.82) is 0 Å². The standard InChI is InChI=1S/C19H15FN4O2S2/c1-11-17(12-4-6-13(20)7-5-12)23-19(28-11)21-15(25)8-9-16-22-18(24-26-16)14-3-2-10-27-14/h2-7,10H,8-9H2,1H3,(H,21,23,25). The third-order valence-electron chi connectivity index (χ3n) is 3.94. The first-order chi connectivity index (χ1) is 13.6. The normalized spacial score (nSPS) is 10.9. The first-order valence-electron chi connectivity index (χ1n) is 8.48. The molecule has 142 valence electrons. The van der Waals surface area contributed by atoms with Crippen LogP contribution in [-0.2, 0) is 11.2 Å². The van der Waals surface area contributed by atoms with Gasteiger partial charge in [-0.3, -0.25) is 4.79 Å². The van der Waals surface area contributed by atoms with E-state index in [0.29, 0.717) is 23.3 Å². The fourth-order valence-corrected chi connectivity index (χ4v) is 4.09. The molecule has 0 spiro atoms. The molecule has 4 rings (SSSR count). The van der Waals surface area contributed by atoms with E-state index in [4.69, 9.17) is 4.52 Å². The van der Waals surface area contributed by atoms with Gasteiger partial charge in [0.2, 0.25) is 17.6 Å². The minimum Gasteiger partial charge on any atom is -0.339 e. The highest BCUT2D eigenvalue weighted by Crippen LogP contribution is 2.30. The maximum absolute atomic E-state index is 13.1. The molecule has 3 heterocycles.